The molecule has 4 rings (SSSR count). The molecule has 2 saturated heterocycles. The summed E-state index contributed by atoms with van der Waals surface area (Å²) in [4.78, 5) is 24.7. The standard InChI is InChI=1S/C20H30N5O9PS/c1-5-30-15-12-14(23-18(21)24-15)25(10-22-12)16-20(4,28)13-11(33-16)8-32-35(29,34-13)31-6-7-36-17(27)19(2,3)9-26/h10-11,13,16,26,28H,5-9H2,1-4H3,(H2,21,23,24)/t11-,13-,16-,20-,35?/m1/s1. The molecule has 0 saturated carbocycles. The topological polar surface area (TPSA) is 190 Å². The van der Waals surface area contributed by atoms with Gasteiger partial charge in [0, 0.05) is 5.75 Å². The third-order valence-corrected chi connectivity index (χ3v) is 8.45. The minimum atomic E-state index is -4.05. The number of rotatable bonds is 9. The molecule has 2 fully saturated rings. The van der Waals surface area contributed by atoms with E-state index in [0.29, 0.717) is 12.1 Å². The zero-order valence-electron chi connectivity index (χ0n) is 20.3. The first-order chi connectivity index (χ1) is 16.9. The summed E-state index contributed by atoms with van der Waals surface area (Å²) in [6.07, 6.45) is -1.45. The van der Waals surface area contributed by atoms with Crippen molar-refractivity contribution in [3.05, 3.63) is 6.33 Å². The first-order valence-electron chi connectivity index (χ1n) is 11.3. The molecule has 0 amide bonds. The fraction of sp³-hybridized carbons (Fsp3) is 0.700. The van der Waals surface area contributed by atoms with Gasteiger partial charge >= 0.3 is 7.82 Å². The van der Waals surface area contributed by atoms with Gasteiger partial charge in [0.15, 0.2) is 22.5 Å². The fourth-order valence-electron chi connectivity index (χ4n) is 3.80. The second-order valence-electron chi connectivity index (χ2n) is 9.18. The van der Waals surface area contributed by atoms with Crippen molar-refractivity contribution in [1.82, 2.24) is 19.5 Å². The van der Waals surface area contributed by atoms with Gasteiger partial charge in [-0.05, 0) is 27.7 Å². The van der Waals surface area contributed by atoms with Gasteiger partial charge in [0.05, 0.1) is 38.2 Å². The highest BCUT2D eigenvalue weighted by atomic mass is 32.2. The molecule has 5 atom stereocenters. The Morgan fingerprint density at radius 2 is 2.19 bits per heavy atom. The van der Waals surface area contributed by atoms with Crippen molar-refractivity contribution in [2.45, 2.75) is 51.7 Å². The summed E-state index contributed by atoms with van der Waals surface area (Å²) in [5.41, 5.74) is 3.86. The van der Waals surface area contributed by atoms with E-state index < -0.39 is 37.3 Å². The van der Waals surface area contributed by atoms with Crippen LogP contribution in [0, 0.1) is 5.41 Å². The van der Waals surface area contributed by atoms with Crippen LogP contribution in [0.25, 0.3) is 11.2 Å². The number of fused-ring (bicyclic) bond motifs is 2. The van der Waals surface area contributed by atoms with Crippen LogP contribution < -0.4 is 10.5 Å². The third kappa shape index (κ3) is 5.11. The van der Waals surface area contributed by atoms with Crippen molar-refractivity contribution in [3.8, 4) is 5.88 Å². The maximum absolute atomic E-state index is 13.1. The Hall–Kier alpha value is -1.84. The predicted octanol–water partition coefficient (Wildman–Crippen LogP) is 1.27. The summed E-state index contributed by atoms with van der Waals surface area (Å²) in [6, 6.07) is 0. The molecule has 200 valence electrons. The van der Waals surface area contributed by atoms with Gasteiger partial charge in [0.2, 0.25) is 11.8 Å². The van der Waals surface area contributed by atoms with Crippen molar-refractivity contribution in [2.75, 3.05) is 37.9 Å². The molecule has 0 radical (unpaired) electrons. The number of aromatic nitrogens is 4. The van der Waals surface area contributed by atoms with Crippen LogP contribution >= 0.6 is 19.6 Å². The smallest absolute Gasteiger partial charge is 0.475 e. The van der Waals surface area contributed by atoms with Crippen LogP contribution in [0.2, 0.25) is 0 Å². The van der Waals surface area contributed by atoms with Gasteiger partial charge in [-0.25, -0.2) is 9.55 Å². The van der Waals surface area contributed by atoms with E-state index in [4.69, 9.17) is 28.8 Å². The lowest BCUT2D eigenvalue weighted by molar-refractivity contribution is -0.119. The SMILES string of the molecule is CCOc1nc(N)nc2c1ncn2[C@@H]1O[C@@H]2COP(=O)(OCCSC(=O)C(C)(C)CO)O[C@H]2[C@@]1(C)O. The van der Waals surface area contributed by atoms with Crippen molar-refractivity contribution in [1.29, 1.82) is 0 Å². The fourth-order valence-corrected chi connectivity index (χ4v) is 6.20. The minimum absolute atomic E-state index is 0.0426. The van der Waals surface area contributed by atoms with Crippen LogP contribution in [0.15, 0.2) is 6.33 Å². The summed E-state index contributed by atoms with van der Waals surface area (Å²) >= 11 is 0.947. The van der Waals surface area contributed by atoms with E-state index in [2.05, 4.69) is 15.0 Å². The number of anilines is 1. The zero-order valence-corrected chi connectivity index (χ0v) is 22.0. The highest BCUT2D eigenvalue weighted by Crippen LogP contribution is 2.58. The molecule has 2 aromatic rings. The second kappa shape index (κ2) is 10.1. The van der Waals surface area contributed by atoms with Crippen molar-refractivity contribution < 1.29 is 42.6 Å². The first kappa shape index (κ1) is 27.2. The molecule has 14 nitrogen and oxygen atoms in total. The maximum atomic E-state index is 13.1. The molecule has 2 aromatic heterocycles. The molecule has 4 N–H and O–H groups in total. The number of nitrogen functional groups attached to an aromatic ring is 1. The summed E-state index contributed by atoms with van der Waals surface area (Å²) in [5.74, 6) is 0.330. The van der Waals surface area contributed by atoms with Gasteiger partial charge in [-0.3, -0.25) is 22.9 Å². The van der Waals surface area contributed by atoms with E-state index in [-0.39, 0.29) is 48.2 Å². The number of imidazole rings is 1. The Kier molecular flexibility index (Phi) is 7.66. The van der Waals surface area contributed by atoms with Gasteiger partial charge in [0.25, 0.3) is 0 Å². The number of carbonyl (C=O) groups is 1. The average Bonchev–Trinajstić information content (AvgIpc) is 3.34. The molecule has 36 heavy (non-hydrogen) atoms. The number of hydrogen-bond acceptors (Lipinski definition) is 14. The van der Waals surface area contributed by atoms with Crippen molar-refractivity contribution in [2.24, 2.45) is 5.41 Å². The largest absolute Gasteiger partial charge is 0.476 e. The molecule has 2 aliphatic rings. The molecular formula is C20H30N5O9PS. The number of carbonyl (C=O) groups excluding carboxylic acids is 1. The quantitative estimate of drug-likeness (QED) is 0.300. The van der Waals surface area contributed by atoms with E-state index in [1.54, 1.807) is 20.8 Å². The van der Waals surface area contributed by atoms with E-state index in [1.165, 1.54) is 17.8 Å². The lowest BCUT2D eigenvalue weighted by Gasteiger charge is -2.35. The number of hydrogen-bond donors (Lipinski definition) is 3. The summed E-state index contributed by atoms with van der Waals surface area (Å²) in [7, 11) is -4.05. The summed E-state index contributed by atoms with van der Waals surface area (Å²) in [6.45, 7) is 6.30. The van der Waals surface area contributed by atoms with Crippen LogP contribution in [0.1, 0.15) is 33.9 Å². The molecule has 4 heterocycles. The van der Waals surface area contributed by atoms with Crippen LogP contribution in [-0.4, -0.2) is 84.8 Å². The number of aliphatic hydroxyl groups excluding tert-OH is 1. The van der Waals surface area contributed by atoms with Gasteiger partial charge in [0.1, 0.15) is 17.8 Å². The molecular weight excluding hydrogens is 517 g/mol. The van der Waals surface area contributed by atoms with Crippen LogP contribution in [0.3, 0.4) is 0 Å². The number of nitrogens with zero attached hydrogens (tertiary/aromatic N) is 4. The summed E-state index contributed by atoms with van der Waals surface area (Å²) in [5, 5.41) is 20.5. The minimum Gasteiger partial charge on any atom is -0.476 e. The van der Waals surface area contributed by atoms with Crippen molar-refractivity contribution >= 4 is 41.8 Å². The number of thioether (sulfide) groups is 1. The molecule has 16 heteroatoms. The van der Waals surface area contributed by atoms with Gasteiger partial charge in [-0.1, -0.05) is 11.8 Å². The van der Waals surface area contributed by atoms with Gasteiger partial charge < -0.3 is 25.4 Å². The molecule has 0 aliphatic carbocycles. The predicted molar refractivity (Wildman–Crippen MR) is 128 cm³/mol. The third-order valence-electron chi connectivity index (χ3n) is 5.81. The first-order valence-corrected chi connectivity index (χ1v) is 13.7. The number of phosphoric acid groups is 1. The number of nitrogens with two attached hydrogens (primary N) is 1. The highest BCUT2D eigenvalue weighted by Gasteiger charge is 2.60. The van der Waals surface area contributed by atoms with E-state index >= 15 is 0 Å². The Morgan fingerprint density at radius 1 is 1.44 bits per heavy atom. The maximum Gasteiger partial charge on any atom is 0.475 e. The van der Waals surface area contributed by atoms with E-state index in [9.17, 15) is 19.6 Å². The van der Waals surface area contributed by atoms with Gasteiger partial charge in [-0.15, -0.1) is 0 Å². The molecule has 1 unspecified atom stereocenters. The van der Waals surface area contributed by atoms with E-state index in [0.717, 1.165) is 11.8 Å². The van der Waals surface area contributed by atoms with Crippen LogP contribution in [-0.2, 0) is 27.7 Å². The highest BCUT2D eigenvalue weighted by molar-refractivity contribution is 8.13. The summed E-state index contributed by atoms with van der Waals surface area (Å²) < 4.78 is 42.4. The monoisotopic (exact) mass is 547 g/mol. The van der Waals surface area contributed by atoms with Crippen LogP contribution in [0.4, 0.5) is 5.95 Å². The number of aliphatic hydroxyl groups is 2. The average molecular weight is 548 g/mol. The Balaban J connectivity index is 1.46. The Morgan fingerprint density at radius 3 is 2.89 bits per heavy atom. The number of ether oxygens (including phenoxy) is 2. The Bertz CT molecular complexity index is 1180. The van der Waals surface area contributed by atoms with Crippen molar-refractivity contribution in [3.63, 3.8) is 0 Å². The normalized spacial score (nSPS) is 30.4. The van der Waals surface area contributed by atoms with E-state index in [1.807, 2.05) is 0 Å². The molecule has 0 bridgehead atoms. The number of phosphoric ester groups is 1. The molecule has 2 aliphatic heterocycles. The molecule has 0 aromatic carbocycles. The second-order valence-corrected chi connectivity index (χ2v) is 11.9. The lowest BCUT2D eigenvalue weighted by Crippen LogP contribution is -2.47. The zero-order chi connectivity index (χ0) is 26.3. The lowest BCUT2D eigenvalue weighted by atomic mass is 9.96. The van der Waals surface area contributed by atoms with Crippen LogP contribution in [0.5, 0.6) is 5.88 Å². The molecule has 0 spiro atoms. The van der Waals surface area contributed by atoms with Gasteiger partial charge in [-0.2, -0.15) is 9.97 Å². The Labute approximate surface area is 211 Å².